The summed E-state index contributed by atoms with van der Waals surface area (Å²) in [4.78, 5) is 21.8. The molecule has 1 aromatic rings. The average molecular weight is 279 g/mol. The quantitative estimate of drug-likeness (QED) is 0.490. The number of aliphatic hydroxyl groups is 1. The molecule has 0 saturated heterocycles. The molecule has 1 aromatic heterocycles. The molecular formula is C12H13N3O3S. The molecule has 0 spiro atoms. The maximum absolute atomic E-state index is 12.2. The van der Waals surface area contributed by atoms with Crippen LogP contribution in [0, 0.1) is 12.3 Å². The lowest BCUT2D eigenvalue weighted by Gasteiger charge is -2.16. The van der Waals surface area contributed by atoms with E-state index in [4.69, 9.17) is 11.2 Å². The van der Waals surface area contributed by atoms with Crippen molar-refractivity contribution in [2.24, 2.45) is 0 Å². The summed E-state index contributed by atoms with van der Waals surface area (Å²) < 4.78 is 5.15. The second kappa shape index (κ2) is 4.72. The van der Waals surface area contributed by atoms with E-state index < -0.39 is 11.5 Å². The molecule has 1 atom stereocenters. The van der Waals surface area contributed by atoms with Crippen molar-refractivity contribution < 1.29 is 14.6 Å². The van der Waals surface area contributed by atoms with Gasteiger partial charge in [-0.05, 0) is 13.2 Å². The summed E-state index contributed by atoms with van der Waals surface area (Å²) in [5, 5.41) is 10.8. The summed E-state index contributed by atoms with van der Waals surface area (Å²) in [6, 6.07) is 0. The maximum Gasteiger partial charge on any atom is 0.265 e. The molecule has 1 N–H and O–H groups in total. The number of fused-ring (bicyclic) bond motifs is 1. The van der Waals surface area contributed by atoms with E-state index in [0.717, 1.165) is 0 Å². The molecule has 1 aliphatic heterocycles. The number of rotatable bonds is 3. The van der Waals surface area contributed by atoms with Crippen LogP contribution in [0.15, 0.2) is 5.16 Å². The van der Waals surface area contributed by atoms with Crippen LogP contribution in [-0.2, 0) is 10.4 Å². The zero-order valence-electron chi connectivity index (χ0n) is 10.8. The Bertz CT molecular complexity index is 580. The lowest BCUT2D eigenvalue weighted by molar-refractivity contribution is -0.134. The van der Waals surface area contributed by atoms with Gasteiger partial charge in [0.1, 0.15) is 0 Å². The molecule has 0 saturated carbocycles. The summed E-state index contributed by atoms with van der Waals surface area (Å²) in [5.74, 6) is 2.35. The van der Waals surface area contributed by atoms with E-state index >= 15 is 0 Å². The Morgan fingerprint density at radius 1 is 1.58 bits per heavy atom. The molecule has 7 heteroatoms. The minimum Gasteiger partial charge on any atom is -0.481 e. The van der Waals surface area contributed by atoms with E-state index in [9.17, 15) is 9.90 Å². The van der Waals surface area contributed by atoms with Crippen molar-refractivity contribution in [1.29, 1.82) is 0 Å². The third kappa shape index (κ3) is 1.93. The van der Waals surface area contributed by atoms with Gasteiger partial charge in [-0.1, -0.05) is 17.7 Å². The fourth-order valence-electron chi connectivity index (χ4n) is 1.97. The molecule has 1 aliphatic rings. The van der Waals surface area contributed by atoms with Crippen molar-refractivity contribution in [2.45, 2.75) is 17.7 Å². The Hall–Kier alpha value is -1.78. The van der Waals surface area contributed by atoms with Crippen LogP contribution in [0.25, 0.3) is 0 Å². The number of thioether (sulfide) groups is 1. The Labute approximate surface area is 115 Å². The Kier molecular flexibility index (Phi) is 3.39. The highest BCUT2D eigenvalue weighted by atomic mass is 32.2. The third-order valence-electron chi connectivity index (χ3n) is 2.87. The van der Waals surface area contributed by atoms with Crippen molar-refractivity contribution in [3.05, 3.63) is 5.56 Å². The van der Waals surface area contributed by atoms with Crippen LogP contribution in [0.3, 0.4) is 0 Å². The molecular weight excluding hydrogens is 266 g/mol. The fourth-order valence-corrected chi connectivity index (χ4v) is 2.33. The molecule has 2 rings (SSSR count). The van der Waals surface area contributed by atoms with Gasteiger partial charge in [-0.2, -0.15) is 4.98 Å². The van der Waals surface area contributed by atoms with E-state index in [0.29, 0.717) is 11.0 Å². The average Bonchev–Trinajstić information content (AvgIpc) is 2.59. The van der Waals surface area contributed by atoms with E-state index in [1.165, 1.54) is 30.7 Å². The molecule has 0 aromatic carbocycles. The summed E-state index contributed by atoms with van der Waals surface area (Å²) >= 11 is 1.31. The first-order chi connectivity index (χ1) is 8.97. The maximum atomic E-state index is 12.2. The highest BCUT2D eigenvalue weighted by molar-refractivity contribution is 7.98. The highest BCUT2D eigenvalue weighted by Crippen LogP contribution is 2.43. The molecule has 1 unspecified atom stereocenters. The number of terminal acetylenes is 1. The van der Waals surface area contributed by atoms with Crippen LogP contribution in [-0.4, -0.2) is 40.9 Å². The van der Waals surface area contributed by atoms with Gasteiger partial charge in [0, 0.05) is 0 Å². The second-order valence-electron chi connectivity index (χ2n) is 4.09. The van der Waals surface area contributed by atoms with Crippen molar-refractivity contribution in [1.82, 2.24) is 9.97 Å². The number of hydrogen-bond donors (Lipinski definition) is 1. The molecule has 0 bridgehead atoms. The molecule has 6 nitrogen and oxygen atoms in total. The smallest absolute Gasteiger partial charge is 0.265 e. The van der Waals surface area contributed by atoms with Gasteiger partial charge in [0.05, 0.1) is 19.2 Å². The number of ether oxygens (including phenoxy) is 1. The number of hydrogen-bond acceptors (Lipinski definition) is 6. The number of carbonyl (C=O) groups excluding carboxylic acids is 1. The van der Waals surface area contributed by atoms with Gasteiger partial charge in [-0.15, -0.1) is 6.42 Å². The largest absolute Gasteiger partial charge is 0.481 e. The lowest BCUT2D eigenvalue weighted by atomic mass is 10.0. The first-order valence-electron chi connectivity index (χ1n) is 5.45. The van der Waals surface area contributed by atoms with E-state index in [1.807, 2.05) is 6.26 Å². The number of anilines is 1. The zero-order chi connectivity index (χ0) is 14.2. The van der Waals surface area contributed by atoms with Crippen LogP contribution >= 0.6 is 11.8 Å². The van der Waals surface area contributed by atoms with E-state index in [1.54, 1.807) is 0 Å². The second-order valence-corrected chi connectivity index (χ2v) is 4.86. The van der Waals surface area contributed by atoms with Crippen LogP contribution in [0.2, 0.25) is 0 Å². The predicted molar refractivity (Wildman–Crippen MR) is 71.1 cm³/mol. The summed E-state index contributed by atoms with van der Waals surface area (Å²) in [7, 11) is 1.43. The van der Waals surface area contributed by atoms with Crippen LogP contribution < -0.4 is 9.64 Å². The molecule has 100 valence electrons. The zero-order valence-corrected chi connectivity index (χ0v) is 11.6. The first-order valence-corrected chi connectivity index (χ1v) is 6.68. The normalized spacial score (nSPS) is 21.2. The minimum absolute atomic E-state index is 0.0377. The standard InChI is InChI=1S/C12H13N3O3S/c1-5-6-15-8-7(12(2,17)10(15)16)9(18-3)14-11(13-8)19-4/h1,17H,6H2,2-4H3. The lowest BCUT2D eigenvalue weighted by Crippen LogP contribution is -2.38. The predicted octanol–water partition coefficient (Wildman–Crippen LogP) is 0.394. The van der Waals surface area contributed by atoms with Gasteiger partial charge in [0.2, 0.25) is 5.88 Å². The molecule has 0 radical (unpaired) electrons. The number of amides is 1. The molecule has 2 heterocycles. The SMILES string of the molecule is C#CCN1C(=O)C(C)(O)c2c(OC)nc(SC)nc21. The van der Waals surface area contributed by atoms with Crippen molar-refractivity contribution >= 4 is 23.5 Å². The van der Waals surface area contributed by atoms with Crippen molar-refractivity contribution in [2.75, 3.05) is 24.8 Å². The van der Waals surface area contributed by atoms with E-state index in [2.05, 4.69) is 15.9 Å². The van der Waals surface area contributed by atoms with Gasteiger partial charge >= 0.3 is 0 Å². The Morgan fingerprint density at radius 2 is 2.26 bits per heavy atom. The van der Waals surface area contributed by atoms with Crippen molar-refractivity contribution in [3.8, 4) is 18.2 Å². The van der Waals surface area contributed by atoms with Crippen LogP contribution in [0.1, 0.15) is 12.5 Å². The van der Waals surface area contributed by atoms with Crippen LogP contribution in [0.5, 0.6) is 5.88 Å². The minimum atomic E-state index is -1.73. The molecule has 0 fully saturated rings. The van der Waals surface area contributed by atoms with Gasteiger partial charge in [0.25, 0.3) is 5.91 Å². The van der Waals surface area contributed by atoms with Gasteiger partial charge in [-0.3, -0.25) is 9.69 Å². The number of aromatic nitrogens is 2. The summed E-state index contributed by atoms with van der Waals surface area (Å²) in [6.45, 7) is 1.42. The first kappa shape index (κ1) is 13.6. The van der Waals surface area contributed by atoms with Gasteiger partial charge in [-0.25, -0.2) is 4.98 Å². The highest BCUT2D eigenvalue weighted by Gasteiger charge is 2.50. The fraction of sp³-hybridized carbons (Fsp3) is 0.417. The monoisotopic (exact) mass is 279 g/mol. The Morgan fingerprint density at radius 3 is 2.79 bits per heavy atom. The van der Waals surface area contributed by atoms with Gasteiger partial charge < -0.3 is 9.84 Å². The van der Waals surface area contributed by atoms with Gasteiger partial charge in [0.15, 0.2) is 16.6 Å². The molecule has 0 aliphatic carbocycles. The topological polar surface area (TPSA) is 75.6 Å². The Balaban J connectivity index is 2.71. The molecule has 1 amide bonds. The number of nitrogens with zero attached hydrogens (tertiary/aromatic N) is 3. The number of methoxy groups -OCH3 is 1. The van der Waals surface area contributed by atoms with Crippen molar-refractivity contribution in [3.63, 3.8) is 0 Å². The van der Waals surface area contributed by atoms with E-state index in [-0.39, 0.29) is 18.0 Å². The third-order valence-corrected chi connectivity index (χ3v) is 3.41. The number of carbonyl (C=O) groups is 1. The summed E-state index contributed by atoms with van der Waals surface area (Å²) in [5.41, 5.74) is -1.47. The van der Waals surface area contributed by atoms with Crippen LogP contribution in [0.4, 0.5) is 5.82 Å². The molecule has 19 heavy (non-hydrogen) atoms. The summed E-state index contributed by atoms with van der Waals surface area (Å²) in [6.07, 6.45) is 7.06.